The lowest BCUT2D eigenvalue weighted by Gasteiger charge is -2.45. The fourth-order valence-corrected chi connectivity index (χ4v) is 4.81. The van der Waals surface area contributed by atoms with Crippen LogP contribution in [0.2, 0.25) is 6.55 Å². The molecular weight excluding hydrogens is 196 g/mol. The van der Waals surface area contributed by atoms with Gasteiger partial charge in [-0.05, 0) is 32.2 Å². The Kier molecular flexibility index (Phi) is 4.12. The molecule has 0 bridgehead atoms. The van der Waals surface area contributed by atoms with Crippen molar-refractivity contribution in [1.82, 2.24) is 0 Å². The van der Waals surface area contributed by atoms with E-state index in [1.807, 2.05) is 0 Å². The molecular formula is C10H22O3Si. The molecule has 84 valence electrons. The van der Waals surface area contributed by atoms with Crippen molar-refractivity contribution in [3.8, 4) is 0 Å². The Balaban J connectivity index is 2.85. The molecule has 0 aromatic heterocycles. The molecule has 1 aliphatic rings. The van der Waals surface area contributed by atoms with Crippen LogP contribution >= 0.6 is 0 Å². The van der Waals surface area contributed by atoms with Crippen LogP contribution in [0.4, 0.5) is 0 Å². The fraction of sp³-hybridized carbons (Fsp3) is 1.00. The van der Waals surface area contributed by atoms with Gasteiger partial charge in [0.15, 0.2) is 0 Å². The molecule has 4 heteroatoms. The molecule has 14 heavy (non-hydrogen) atoms. The van der Waals surface area contributed by atoms with Crippen molar-refractivity contribution >= 4 is 8.56 Å². The largest absolute Gasteiger partial charge is 0.396 e. The van der Waals surface area contributed by atoms with Crippen LogP contribution in [0.3, 0.4) is 0 Å². The van der Waals surface area contributed by atoms with Gasteiger partial charge in [-0.3, -0.25) is 0 Å². The zero-order valence-electron chi connectivity index (χ0n) is 9.76. The Bertz CT molecular complexity index is 174. The molecule has 3 nitrogen and oxygen atoms in total. The van der Waals surface area contributed by atoms with E-state index >= 15 is 0 Å². The average molecular weight is 218 g/mol. The van der Waals surface area contributed by atoms with Crippen LogP contribution in [0.15, 0.2) is 0 Å². The van der Waals surface area contributed by atoms with Crippen LogP contribution in [0.1, 0.15) is 32.6 Å². The normalized spacial score (nSPS) is 29.1. The third-order valence-electron chi connectivity index (χ3n) is 3.53. The van der Waals surface area contributed by atoms with Crippen molar-refractivity contribution in [3.63, 3.8) is 0 Å². The van der Waals surface area contributed by atoms with E-state index in [1.54, 1.807) is 14.2 Å². The molecule has 0 radical (unpaired) electrons. The first-order chi connectivity index (χ1) is 6.64. The molecule has 0 aromatic rings. The van der Waals surface area contributed by atoms with E-state index in [0.29, 0.717) is 0 Å². The third kappa shape index (κ3) is 1.89. The molecule has 0 aliphatic carbocycles. The van der Waals surface area contributed by atoms with Gasteiger partial charge in [-0.15, -0.1) is 0 Å². The summed E-state index contributed by atoms with van der Waals surface area (Å²) in [6.07, 6.45) is 4.45. The van der Waals surface area contributed by atoms with Crippen LogP contribution in [0.25, 0.3) is 0 Å². The van der Waals surface area contributed by atoms with E-state index in [2.05, 4.69) is 13.5 Å². The van der Waals surface area contributed by atoms with E-state index in [9.17, 15) is 0 Å². The average Bonchev–Trinajstić information content (AvgIpc) is 2.28. The number of hydrogen-bond donors (Lipinski definition) is 0. The Morgan fingerprint density at radius 1 is 1.29 bits per heavy atom. The summed E-state index contributed by atoms with van der Waals surface area (Å²) < 4.78 is 17.2. The van der Waals surface area contributed by atoms with Gasteiger partial charge < -0.3 is 13.6 Å². The summed E-state index contributed by atoms with van der Waals surface area (Å²) in [6.45, 7) is 5.11. The zero-order chi connectivity index (χ0) is 10.7. The van der Waals surface area contributed by atoms with Crippen molar-refractivity contribution in [2.24, 2.45) is 0 Å². The van der Waals surface area contributed by atoms with Gasteiger partial charge in [-0.2, -0.15) is 0 Å². The lowest BCUT2D eigenvalue weighted by molar-refractivity contribution is -0.0567. The van der Waals surface area contributed by atoms with E-state index in [4.69, 9.17) is 13.6 Å². The lowest BCUT2D eigenvalue weighted by atomic mass is 10.1. The SMILES string of the molecule is CCC1([Si](C)(OC)OC)CCCCO1. The molecule has 0 amide bonds. The Hall–Kier alpha value is 0.0969. The minimum absolute atomic E-state index is 0.130. The van der Waals surface area contributed by atoms with Gasteiger partial charge in [0.2, 0.25) is 0 Å². The van der Waals surface area contributed by atoms with E-state index in [0.717, 1.165) is 19.4 Å². The van der Waals surface area contributed by atoms with E-state index < -0.39 is 8.56 Å². The third-order valence-corrected chi connectivity index (χ3v) is 7.49. The summed E-state index contributed by atoms with van der Waals surface area (Å²) in [7, 11) is 1.31. The van der Waals surface area contributed by atoms with E-state index in [-0.39, 0.29) is 5.22 Å². The van der Waals surface area contributed by atoms with Crippen molar-refractivity contribution in [1.29, 1.82) is 0 Å². The first kappa shape index (κ1) is 12.2. The highest BCUT2D eigenvalue weighted by Gasteiger charge is 2.54. The van der Waals surface area contributed by atoms with Gasteiger partial charge in [0.1, 0.15) is 5.22 Å². The summed E-state index contributed by atoms with van der Waals surface area (Å²) >= 11 is 0. The maximum Gasteiger partial charge on any atom is 0.367 e. The maximum absolute atomic E-state index is 5.97. The molecule has 0 N–H and O–H groups in total. The first-order valence-corrected chi connectivity index (χ1v) is 7.70. The topological polar surface area (TPSA) is 27.7 Å². The first-order valence-electron chi connectivity index (χ1n) is 5.38. The highest BCUT2D eigenvalue weighted by atomic mass is 28.4. The number of rotatable bonds is 4. The predicted molar refractivity (Wildman–Crippen MR) is 58.5 cm³/mol. The van der Waals surface area contributed by atoms with Gasteiger partial charge in [0.25, 0.3) is 0 Å². The Morgan fingerprint density at radius 3 is 2.29 bits per heavy atom. The van der Waals surface area contributed by atoms with Crippen LogP contribution in [0, 0.1) is 0 Å². The van der Waals surface area contributed by atoms with E-state index in [1.165, 1.54) is 12.8 Å². The molecule has 1 rings (SSSR count). The number of ether oxygens (including phenoxy) is 1. The number of hydrogen-bond acceptors (Lipinski definition) is 3. The highest BCUT2D eigenvalue weighted by Crippen LogP contribution is 2.37. The van der Waals surface area contributed by atoms with Crippen LogP contribution in [-0.4, -0.2) is 34.6 Å². The molecule has 1 heterocycles. The Morgan fingerprint density at radius 2 is 1.93 bits per heavy atom. The molecule has 1 saturated heterocycles. The molecule has 0 spiro atoms. The van der Waals surface area contributed by atoms with Crippen LogP contribution < -0.4 is 0 Å². The monoisotopic (exact) mass is 218 g/mol. The van der Waals surface area contributed by atoms with Crippen molar-refractivity contribution in [2.75, 3.05) is 20.8 Å². The minimum Gasteiger partial charge on any atom is -0.396 e. The summed E-state index contributed by atoms with van der Waals surface area (Å²) in [6, 6.07) is 0. The minimum atomic E-state index is -2.17. The van der Waals surface area contributed by atoms with Gasteiger partial charge in [-0.25, -0.2) is 0 Å². The van der Waals surface area contributed by atoms with Crippen molar-refractivity contribution in [2.45, 2.75) is 44.4 Å². The van der Waals surface area contributed by atoms with Crippen molar-refractivity contribution < 1.29 is 13.6 Å². The van der Waals surface area contributed by atoms with Gasteiger partial charge in [-0.1, -0.05) is 6.92 Å². The predicted octanol–water partition coefficient (Wildman–Crippen LogP) is 2.24. The molecule has 0 aromatic carbocycles. The van der Waals surface area contributed by atoms with Gasteiger partial charge in [0, 0.05) is 20.8 Å². The fourth-order valence-electron chi connectivity index (χ4n) is 2.27. The van der Waals surface area contributed by atoms with Gasteiger partial charge >= 0.3 is 8.56 Å². The second kappa shape index (κ2) is 4.75. The second-order valence-electron chi connectivity index (χ2n) is 4.01. The Labute approximate surface area is 88.0 Å². The smallest absolute Gasteiger partial charge is 0.367 e. The summed E-state index contributed by atoms with van der Waals surface area (Å²) in [4.78, 5) is 0. The maximum atomic E-state index is 5.97. The van der Waals surface area contributed by atoms with Crippen LogP contribution in [-0.2, 0) is 13.6 Å². The van der Waals surface area contributed by atoms with Crippen molar-refractivity contribution in [3.05, 3.63) is 0 Å². The molecule has 1 atom stereocenters. The standard InChI is InChI=1S/C10H22O3Si/c1-5-10(8-6-7-9-13-10)14(4,11-2)12-3/h5-9H2,1-4H3. The quantitative estimate of drug-likeness (QED) is 0.677. The molecule has 0 saturated carbocycles. The zero-order valence-corrected chi connectivity index (χ0v) is 10.8. The molecule has 1 aliphatic heterocycles. The molecule has 1 unspecified atom stereocenters. The van der Waals surface area contributed by atoms with Gasteiger partial charge in [0.05, 0.1) is 0 Å². The van der Waals surface area contributed by atoms with Crippen LogP contribution in [0.5, 0.6) is 0 Å². The summed E-state index contributed by atoms with van der Waals surface area (Å²) in [5.74, 6) is 0. The summed E-state index contributed by atoms with van der Waals surface area (Å²) in [5, 5.41) is -0.130. The highest BCUT2D eigenvalue weighted by molar-refractivity contribution is 6.69. The lowest BCUT2D eigenvalue weighted by Crippen LogP contribution is -2.62. The second-order valence-corrected chi connectivity index (χ2v) is 7.63. The molecule has 1 fully saturated rings. The summed E-state index contributed by atoms with van der Waals surface area (Å²) in [5.41, 5.74) is 0.